The van der Waals surface area contributed by atoms with E-state index in [0.717, 1.165) is 16.5 Å². The SMILES string of the molecule is CN(C)c1ccc2c3c(cccc13)C(=O)N(N1C(=O)c3cccc4cccc(c34)C1=O)C2=O. The fourth-order valence-electron chi connectivity index (χ4n) is 4.84. The highest BCUT2D eigenvalue weighted by Crippen LogP contribution is 2.38. The molecule has 0 radical (unpaired) electrons. The summed E-state index contributed by atoms with van der Waals surface area (Å²) in [6.45, 7) is 0. The lowest BCUT2D eigenvalue weighted by atomic mass is 9.92. The number of carbonyl (C=O) groups excluding carboxylic acids is 4. The van der Waals surface area contributed by atoms with Crippen LogP contribution in [0.3, 0.4) is 0 Å². The quantitative estimate of drug-likeness (QED) is 0.447. The van der Waals surface area contributed by atoms with Gasteiger partial charge < -0.3 is 4.90 Å². The largest absolute Gasteiger partial charge is 0.377 e. The standard InChI is InChI=1S/C26H17N3O4/c1-27(2)20-13-12-19-22-15(20)8-5-11-18(22)25(32)29(26(19)33)28-23(30)16-9-3-6-14-7-4-10-17(21(14)16)24(28)31/h3-13H,1-2H3. The fraction of sp³-hybridized carbons (Fsp3) is 0.0769. The van der Waals surface area contributed by atoms with E-state index in [4.69, 9.17) is 0 Å². The molecular weight excluding hydrogens is 418 g/mol. The van der Waals surface area contributed by atoms with Crippen LogP contribution in [0.2, 0.25) is 0 Å². The third-order valence-electron chi connectivity index (χ3n) is 6.30. The van der Waals surface area contributed by atoms with Crippen molar-refractivity contribution < 1.29 is 19.2 Å². The first-order valence-electron chi connectivity index (χ1n) is 10.4. The predicted molar refractivity (Wildman–Crippen MR) is 123 cm³/mol. The summed E-state index contributed by atoms with van der Waals surface area (Å²) >= 11 is 0. The van der Waals surface area contributed by atoms with E-state index in [0.29, 0.717) is 20.8 Å². The molecule has 0 saturated carbocycles. The van der Waals surface area contributed by atoms with Crippen LogP contribution < -0.4 is 4.90 Å². The molecule has 7 nitrogen and oxygen atoms in total. The molecule has 0 saturated heterocycles. The highest BCUT2D eigenvalue weighted by Gasteiger charge is 2.45. The Hall–Kier alpha value is -4.52. The molecule has 0 atom stereocenters. The van der Waals surface area contributed by atoms with Gasteiger partial charge in [-0.05, 0) is 35.7 Å². The highest BCUT2D eigenvalue weighted by atomic mass is 16.2. The van der Waals surface area contributed by atoms with E-state index in [2.05, 4.69) is 0 Å². The van der Waals surface area contributed by atoms with Crippen LogP contribution in [0.4, 0.5) is 5.69 Å². The maximum absolute atomic E-state index is 13.6. The highest BCUT2D eigenvalue weighted by molar-refractivity contribution is 6.31. The van der Waals surface area contributed by atoms with Gasteiger partial charge in [0, 0.05) is 35.9 Å². The Kier molecular flexibility index (Phi) is 3.77. The molecular formula is C26H17N3O4. The number of hydrazine groups is 1. The lowest BCUT2D eigenvalue weighted by Crippen LogP contribution is -2.58. The first-order valence-corrected chi connectivity index (χ1v) is 10.4. The molecule has 0 unspecified atom stereocenters. The van der Waals surface area contributed by atoms with E-state index in [9.17, 15) is 19.2 Å². The average Bonchev–Trinajstić information content (AvgIpc) is 2.82. The van der Waals surface area contributed by atoms with E-state index >= 15 is 0 Å². The van der Waals surface area contributed by atoms with Crippen LogP contribution in [0.5, 0.6) is 0 Å². The Labute approximate surface area is 188 Å². The minimum Gasteiger partial charge on any atom is -0.377 e. The van der Waals surface area contributed by atoms with Crippen LogP contribution in [0.25, 0.3) is 21.5 Å². The number of benzene rings is 4. The lowest BCUT2D eigenvalue weighted by molar-refractivity contribution is 0.00212. The molecule has 0 N–H and O–H groups in total. The van der Waals surface area contributed by atoms with Crippen molar-refractivity contribution in [3.63, 3.8) is 0 Å². The topological polar surface area (TPSA) is 78.0 Å². The van der Waals surface area contributed by atoms with Crippen LogP contribution in [-0.2, 0) is 0 Å². The summed E-state index contributed by atoms with van der Waals surface area (Å²) in [5.41, 5.74) is 1.94. The first kappa shape index (κ1) is 19.2. The average molecular weight is 435 g/mol. The molecule has 4 amide bonds. The van der Waals surface area contributed by atoms with Gasteiger partial charge >= 0.3 is 0 Å². The summed E-state index contributed by atoms with van der Waals surface area (Å²) in [6, 6.07) is 18.9. The fourth-order valence-corrected chi connectivity index (χ4v) is 4.84. The second kappa shape index (κ2) is 6.49. The summed E-state index contributed by atoms with van der Waals surface area (Å²) in [6.07, 6.45) is 0. The van der Waals surface area contributed by atoms with Crippen molar-refractivity contribution in [3.05, 3.63) is 89.0 Å². The Bertz CT molecular complexity index is 1510. The normalized spacial score (nSPS) is 15.1. The monoisotopic (exact) mass is 435 g/mol. The zero-order chi connectivity index (χ0) is 23.0. The van der Waals surface area contributed by atoms with Gasteiger partial charge in [0.1, 0.15) is 0 Å². The van der Waals surface area contributed by atoms with Crippen molar-refractivity contribution in [2.45, 2.75) is 0 Å². The van der Waals surface area contributed by atoms with E-state index < -0.39 is 23.6 Å². The van der Waals surface area contributed by atoms with Gasteiger partial charge in [0.05, 0.1) is 22.3 Å². The van der Waals surface area contributed by atoms with E-state index in [1.807, 2.05) is 37.2 Å². The van der Waals surface area contributed by atoms with E-state index in [-0.39, 0.29) is 22.3 Å². The second-order valence-corrected chi connectivity index (χ2v) is 8.31. The van der Waals surface area contributed by atoms with Gasteiger partial charge in [0.15, 0.2) is 0 Å². The van der Waals surface area contributed by atoms with Gasteiger partial charge in [-0.3, -0.25) is 19.2 Å². The number of carbonyl (C=O) groups is 4. The molecule has 2 aliphatic rings. The van der Waals surface area contributed by atoms with Gasteiger partial charge in [0.2, 0.25) is 0 Å². The first-order chi connectivity index (χ1) is 15.9. The zero-order valence-electron chi connectivity index (χ0n) is 17.8. The molecule has 7 heteroatoms. The zero-order valence-corrected chi connectivity index (χ0v) is 17.8. The molecule has 2 aliphatic heterocycles. The second-order valence-electron chi connectivity index (χ2n) is 8.31. The minimum absolute atomic E-state index is 0.267. The number of rotatable bonds is 2. The summed E-state index contributed by atoms with van der Waals surface area (Å²) in [4.78, 5) is 56.0. The van der Waals surface area contributed by atoms with Crippen molar-refractivity contribution in [2.75, 3.05) is 19.0 Å². The maximum Gasteiger partial charge on any atom is 0.281 e. The molecule has 160 valence electrons. The van der Waals surface area contributed by atoms with Gasteiger partial charge in [-0.2, -0.15) is 10.0 Å². The number of imide groups is 2. The smallest absolute Gasteiger partial charge is 0.281 e. The number of hydrogen-bond donors (Lipinski definition) is 0. The number of nitrogens with zero attached hydrogens (tertiary/aromatic N) is 3. The summed E-state index contributed by atoms with van der Waals surface area (Å²) < 4.78 is 0. The van der Waals surface area contributed by atoms with Crippen LogP contribution in [0.15, 0.2) is 66.7 Å². The molecule has 0 bridgehead atoms. The molecule has 4 aromatic carbocycles. The van der Waals surface area contributed by atoms with Gasteiger partial charge in [-0.15, -0.1) is 0 Å². The molecule has 0 spiro atoms. The van der Waals surface area contributed by atoms with Crippen molar-refractivity contribution in [3.8, 4) is 0 Å². The van der Waals surface area contributed by atoms with Gasteiger partial charge in [0.25, 0.3) is 23.6 Å². The van der Waals surface area contributed by atoms with Crippen molar-refractivity contribution >= 4 is 50.9 Å². The maximum atomic E-state index is 13.6. The van der Waals surface area contributed by atoms with Crippen LogP contribution >= 0.6 is 0 Å². The van der Waals surface area contributed by atoms with Crippen molar-refractivity contribution in [1.29, 1.82) is 0 Å². The van der Waals surface area contributed by atoms with E-state index in [1.54, 1.807) is 48.5 Å². The Morgan fingerprint density at radius 1 is 0.545 bits per heavy atom. The van der Waals surface area contributed by atoms with Crippen LogP contribution in [0, 0.1) is 0 Å². The lowest BCUT2D eigenvalue weighted by Gasteiger charge is -2.37. The molecule has 6 rings (SSSR count). The minimum atomic E-state index is -0.706. The number of amides is 4. The van der Waals surface area contributed by atoms with Crippen molar-refractivity contribution in [2.24, 2.45) is 0 Å². The molecule has 2 heterocycles. The van der Waals surface area contributed by atoms with Gasteiger partial charge in [-0.25, -0.2) is 0 Å². The Morgan fingerprint density at radius 2 is 1.00 bits per heavy atom. The molecule has 0 aromatic heterocycles. The van der Waals surface area contributed by atoms with Crippen molar-refractivity contribution in [1.82, 2.24) is 10.0 Å². The molecule has 33 heavy (non-hydrogen) atoms. The molecule has 4 aromatic rings. The Morgan fingerprint density at radius 3 is 1.52 bits per heavy atom. The predicted octanol–water partition coefficient (Wildman–Crippen LogP) is 3.87. The summed E-state index contributed by atoms with van der Waals surface area (Å²) in [7, 11) is 3.76. The van der Waals surface area contributed by atoms with Crippen LogP contribution in [0.1, 0.15) is 41.4 Å². The summed E-state index contributed by atoms with van der Waals surface area (Å²) in [5, 5.41) is 3.92. The van der Waals surface area contributed by atoms with E-state index in [1.165, 1.54) is 0 Å². The van der Waals surface area contributed by atoms with Crippen LogP contribution in [-0.4, -0.2) is 47.7 Å². The third kappa shape index (κ3) is 2.39. The number of hydrogen-bond acceptors (Lipinski definition) is 5. The molecule has 0 fully saturated rings. The third-order valence-corrected chi connectivity index (χ3v) is 6.30. The molecule has 0 aliphatic carbocycles. The summed E-state index contributed by atoms with van der Waals surface area (Å²) in [5.74, 6) is -2.82. The van der Waals surface area contributed by atoms with Gasteiger partial charge in [-0.1, -0.05) is 36.4 Å². The number of anilines is 1. The Balaban J connectivity index is 1.56.